The number of methoxy groups -OCH3 is 1. The molecule has 0 aliphatic carbocycles. The van der Waals surface area contributed by atoms with Crippen LogP contribution in [0.1, 0.15) is 34.7 Å². The number of aromatic nitrogens is 1. The van der Waals surface area contributed by atoms with Crippen LogP contribution in [-0.2, 0) is 20.9 Å². The van der Waals surface area contributed by atoms with Crippen LogP contribution in [-0.4, -0.2) is 30.0 Å². The number of pyridine rings is 1. The average molecular weight is 424 g/mol. The molecule has 2 N–H and O–H groups in total. The first-order valence-electron chi connectivity index (χ1n) is 7.93. The van der Waals surface area contributed by atoms with E-state index in [0.29, 0.717) is 23.6 Å². The number of benzene rings is 1. The number of aryl methyl sites for hydroxylation is 1. The van der Waals surface area contributed by atoms with Gasteiger partial charge in [-0.2, -0.15) is 0 Å². The van der Waals surface area contributed by atoms with Gasteiger partial charge in [0, 0.05) is 27.2 Å². The Bertz CT molecular complexity index is 907. The second-order valence-corrected chi connectivity index (χ2v) is 6.92. The summed E-state index contributed by atoms with van der Waals surface area (Å²) in [4.78, 5) is 27.2. The van der Waals surface area contributed by atoms with Crippen LogP contribution in [0.25, 0.3) is 0 Å². The van der Waals surface area contributed by atoms with E-state index in [1.54, 1.807) is 13.0 Å². The number of fused-ring (bicyclic) bond motifs is 1. The summed E-state index contributed by atoms with van der Waals surface area (Å²) in [6.07, 6.45) is -0.122. The first kappa shape index (κ1) is 18.5. The molecular weight excluding hydrogens is 406 g/mol. The fourth-order valence-corrected chi connectivity index (χ4v) is 3.63. The smallest absolute Gasteiger partial charge is 0.306 e. The van der Waals surface area contributed by atoms with E-state index in [9.17, 15) is 14.7 Å². The Hall–Kier alpha value is -2.32. The summed E-state index contributed by atoms with van der Waals surface area (Å²) in [7, 11) is 1.28. The van der Waals surface area contributed by atoms with Crippen LogP contribution < -0.4 is 10.3 Å². The second-order valence-electron chi connectivity index (χ2n) is 6.01. The maximum Gasteiger partial charge on any atom is 0.306 e. The van der Waals surface area contributed by atoms with Gasteiger partial charge in [-0.05, 0) is 25.1 Å². The maximum absolute atomic E-state index is 12.6. The molecule has 2 aromatic rings. The van der Waals surface area contributed by atoms with Gasteiger partial charge in [-0.1, -0.05) is 15.9 Å². The third kappa shape index (κ3) is 3.61. The number of carbonyl (C=O) groups is 1. The molecule has 0 amide bonds. The molecule has 0 unspecified atom stereocenters. The quantitative estimate of drug-likeness (QED) is 0.733. The van der Waals surface area contributed by atoms with Crippen molar-refractivity contribution < 1.29 is 24.1 Å². The number of halogens is 1. The van der Waals surface area contributed by atoms with Gasteiger partial charge in [0.1, 0.15) is 11.5 Å². The summed E-state index contributed by atoms with van der Waals surface area (Å²) in [5, 5.41) is 10.4. The molecule has 0 saturated heterocycles. The molecule has 138 valence electrons. The van der Waals surface area contributed by atoms with Crippen molar-refractivity contribution in [2.75, 3.05) is 13.9 Å². The number of ether oxygens (including phenoxy) is 3. The van der Waals surface area contributed by atoms with Gasteiger partial charge < -0.3 is 24.3 Å². The molecule has 1 aromatic carbocycles. The zero-order valence-corrected chi connectivity index (χ0v) is 15.9. The van der Waals surface area contributed by atoms with Crippen molar-refractivity contribution in [3.05, 3.63) is 55.4 Å². The van der Waals surface area contributed by atoms with Crippen LogP contribution in [0.15, 0.2) is 27.5 Å². The Labute approximate surface area is 158 Å². The number of rotatable bonds is 4. The lowest BCUT2D eigenvalue weighted by atomic mass is 9.86. The Morgan fingerprint density at radius 3 is 2.88 bits per heavy atom. The molecule has 3 rings (SSSR count). The van der Waals surface area contributed by atoms with Gasteiger partial charge >= 0.3 is 5.97 Å². The molecule has 0 saturated carbocycles. The topological polar surface area (TPSA) is 97.8 Å². The lowest BCUT2D eigenvalue weighted by Crippen LogP contribution is -2.22. The number of aromatic hydroxyl groups is 1. The lowest BCUT2D eigenvalue weighted by Gasteiger charge is -2.25. The first-order chi connectivity index (χ1) is 12.4. The molecule has 1 aromatic heterocycles. The highest BCUT2D eigenvalue weighted by Gasteiger charge is 2.30. The molecule has 2 heterocycles. The molecule has 7 nitrogen and oxygen atoms in total. The summed E-state index contributed by atoms with van der Waals surface area (Å²) in [5.41, 5.74) is 1.55. The standard InChI is InChI=1S/C18H18BrNO6/c1-9-3-14(21)16(18(23)20-9)12(6-15(22)24-2)13-5-11(19)4-10-7-25-8-26-17(10)13/h3-5,12H,6-8H2,1-2H3,(H2,20,21,23)/t12-/m0/s1. The van der Waals surface area contributed by atoms with Gasteiger partial charge in [0.15, 0.2) is 6.79 Å². The van der Waals surface area contributed by atoms with Crippen LogP contribution >= 0.6 is 15.9 Å². The summed E-state index contributed by atoms with van der Waals surface area (Å²) in [6.45, 7) is 2.09. The van der Waals surface area contributed by atoms with Crippen molar-refractivity contribution in [1.29, 1.82) is 0 Å². The van der Waals surface area contributed by atoms with E-state index in [1.807, 2.05) is 6.07 Å². The molecule has 26 heavy (non-hydrogen) atoms. The lowest BCUT2D eigenvalue weighted by molar-refractivity contribution is -0.140. The van der Waals surface area contributed by atoms with E-state index >= 15 is 0 Å². The maximum atomic E-state index is 12.6. The highest BCUT2D eigenvalue weighted by atomic mass is 79.9. The van der Waals surface area contributed by atoms with E-state index in [2.05, 4.69) is 20.9 Å². The van der Waals surface area contributed by atoms with Crippen molar-refractivity contribution in [3.63, 3.8) is 0 Å². The van der Waals surface area contributed by atoms with Crippen molar-refractivity contribution in [1.82, 2.24) is 4.98 Å². The normalized spacial score (nSPS) is 14.3. The number of carbonyl (C=O) groups excluding carboxylic acids is 1. The van der Waals surface area contributed by atoms with E-state index in [4.69, 9.17) is 14.2 Å². The van der Waals surface area contributed by atoms with Crippen molar-refractivity contribution in [2.24, 2.45) is 0 Å². The predicted octanol–water partition coefficient (Wildman–Crippen LogP) is 2.71. The Balaban J connectivity index is 2.22. The van der Waals surface area contributed by atoms with Gasteiger partial charge in [0.2, 0.25) is 0 Å². The van der Waals surface area contributed by atoms with Gasteiger partial charge in [-0.15, -0.1) is 0 Å². The fraction of sp³-hybridized carbons (Fsp3) is 0.333. The summed E-state index contributed by atoms with van der Waals surface area (Å²) in [5.74, 6) is -0.875. The minimum absolute atomic E-state index is 0.0722. The molecule has 0 fully saturated rings. The zero-order valence-electron chi connectivity index (χ0n) is 14.3. The Kier molecular flexibility index (Phi) is 5.33. The van der Waals surface area contributed by atoms with E-state index in [0.717, 1.165) is 10.0 Å². The van der Waals surface area contributed by atoms with E-state index < -0.39 is 17.4 Å². The molecule has 0 spiro atoms. The number of hydrogen-bond acceptors (Lipinski definition) is 6. The first-order valence-corrected chi connectivity index (χ1v) is 8.72. The van der Waals surface area contributed by atoms with Crippen LogP contribution in [0.2, 0.25) is 0 Å². The van der Waals surface area contributed by atoms with Crippen molar-refractivity contribution >= 4 is 21.9 Å². The van der Waals surface area contributed by atoms with Crippen LogP contribution in [0, 0.1) is 6.92 Å². The number of H-pyrrole nitrogens is 1. The summed E-state index contributed by atoms with van der Waals surface area (Å²) >= 11 is 3.44. The Morgan fingerprint density at radius 1 is 1.42 bits per heavy atom. The van der Waals surface area contributed by atoms with Gasteiger partial charge in [-0.3, -0.25) is 9.59 Å². The third-order valence-corrected chi connectivity index (χ3v) is 4.67. The van der Waals surface area contributed by atoms with Crippen LogP contribution in [0.3, 0.4) is 0 Å². The largest absolute Gasteiger partial charge is 0.507 e. The summed E-state index contributed by atoms with van der Waals surface area (Å²) in [6, 6.07) is 5.08. The fourth-order valence-electron chi connectivity index (χ4n) is 3.10. The highest BCUT2D eigenvalue weighted by molar-refractivity contribution is 9.10. The molecule has 0 radical (unpaired) electrons. The minimum atomic E-state index is -0.740. The van der Waals surface area contributed by atoms with Crippen LogP contribution in [0.5, 0.6) is 11.5 Å². The monoisotopic (exact) mass is 423 g/mol. The molecule has 1 aliphatic heterocycles. The molecule has 0 bridgehead atoms. The molecule has 1 atom stereocenters. The zero-order chi connectivity index (χ0) is 18.8. The molecular formula is C18H18BrNO6. The summed E-state index contributed by atoms with van der Waals surface area (Å²) < 4.78 is 16.5. The number of nitrogens with one attached hydrogen (secondary N) is 1. The van der Waals surface area contributed by atoms with Crippen LogP contribution in [0.4, 0.5) is 0 Å². The number of esters is 1. The Morgan fingerprint density at radius 2 is 2.19 bits per heavy atom. The number of hydrogen-bond donors (Lipinski definition) is 2. The van der Waals surface area contributed by atoms with Crippen molar-refractivity contribution in [3.8, 4) is 11.5 Å². The highest BCUT2D eigenvalue weighted by Crippen LogP contribution is 2.41. The number of aromatic amines is 1. The van der Waals surface area contributed by atoms with Crippen molar-refractivity contribution in [2.45, 2.75) is 25.9 Å². The molecule has 1 aliphatic rings. The SMILES string of the molecule is COC(=O)C[C@@H](c1cc(Br)cc2c1OCOC2)c1c(O)cc(C)[nH]c1=O. The van der Waals surface area contributed by atoms with E-state index in [1.165, 1.54) is 13.2 Å². The average Bonchev–Trinajstić information content (AvgIpc) is 2.59. The third-order valence-electron chi connectivity index (χ3n) is 4.21. The second kappa shape index (κ2) is 7.51. The van der Waals surface area contributed by atoms with Gasteiger partial charge in [0.05, 0.1) is 25.7 Å². The predicted molar refractivity (Wildman–Crippen MR) is 96.4 cm³/mol. The molecule has 8 heteroatoms. The van der Waals surface area contributed by atoms with Gasteiger partial charge in [-0.25, -0.2) is 0 Å². The van der Waals surface area contributed by atoms with E-state index in [-0.39, 0.29) is 24.5 Å². The van der Waals surface area contributed by atoms with Gasteiger partial charge in [0.25, 0.3) is 5.56 Å². The minimum Gasteiger partial charge on any atom is -0.507 e.